The Hall–Kier alpha value is -0.570. The lowest BCUT2D eigenvalue weighted by atomic mass is 10.1. The highest BCUT2D eigenvalue weighted by Gasteiger charge is 1.98. The molecule has 0 radical (unpaired) electrons. The number of carbonyl (C=O) groups is 1. The van der Waals surface area contributed by atoms with Crippen LogP contribution in [0.2, 0.25) is 0 Å². The minimum Gasteiger partial charge on any atom is -0.292 e. The highest BCUT2D eigenvalue weighted by molar-refractivity contribution is 5.75. The SMILES string of the molecule is CCCCCCCCCCCCCC(=O)NNC. The zero-order valence-electron chi connectivity index (χ0n) is 12.4. The van der Waals surface area contributed by atoms with E-state index in [-0.39, 0.29) is 5.91 Å². The van der Waals surface area contributed by atoms with Gasteiger partial charge in [0.25, 0.3) is 0 Å². The average Bonchev–Trinajstić information content (AvgIpc) is 2.36. The molecule has 2 N–H and O–H groups in total. The highest BCUT2D eigenvalue weighted by Crippen LogP contribution is 2.11. The van der Waals surface area contributed by atoms with Gasteiger partial charge in [-0.2, -0.15) is 0 Å². The fraction of sp³-hybridized carbons (Fsp3) is 0.933. The average molecular weight is 256 g/mol. The largest absolute Gasteiger partial charge is 0.292 e. The molecule has 0 atom stereocenters. The highest BCUT2D eigenvalue weighted by atomic mass is 16.2. The Balaban J connectivity index is 3.01. The third-order valence-corrected chi connectivity index (χ3v) is 3.27. The topological polar surface area (TPSA) is 41.1 Å². The van der Waals surface area contributed by atoms with Gasteiger partial charge in [0.1, 0.15) is 0 Å². The number of nitrogens with one attached hydrogen (secondary N) is 2. The lowest BCUT2D eigenvalue weighted by Gasteiger charge is -2.03. The van der Waals surface area contributed by atoms with Gasteiger partial charge in [-0.15, -0.1) is 0 Å². The van der Waals surface area contributed by atoms with Crippen LogP contribution in [0.4, 0.5) is 0 Å². The molecule has 0 heterocycles. The number of rotatable bonds is 13. The summed E-state index contributed by atoms with van der Waals surface area (Å²) in [5.41, 5.74) is 5.25. The molecule has 3 heteroatoms. The van der Waals surface area contributed by atoms with Crippen LogP contribution >= 0.6 is 0 Å². The number of hydrazine groups is 1. The third kappa shape index (κ3) is 13.5. The second-order valence-corrected chi connectivity index (χ2v) is 5.08. The van der Waals surface area contributed by atoms with Crippen molar-refractivity contribution in [3.63, 3.8) is 0 Å². The van der Waals surface area contributed by atoms with E-state index >= 15 is 0 Å². The van der Waals surface area contributed by atoms with Crippen molar-refractivity contribution in [1.29, 1.82) is 0 Å². The first-order chi connectivity index (χ1) is 8.81. The summed E-state index contributed by atoms with van der Waals surface area (Å²) in [7, 11) is 1.72. The van der Waals surface area contributed by atoms with Gasteiger partial charge >= 0.3 is 0 Å². The van der Waals surface area contributed by atoms with E-state index in [2.05, 4.69) is 17.8 Å². The van der Waals surface area contributed by atoms with Crippen LogP contribution in [0.3, 0.4) is 0 Å². The van der Waals surface area contributed by atoms with Gasteiger partial charge in [-0.05, 0) is 6.42 Å². The maximum Gasteiger partial charge on any atom is 0.234 e. The van der Waals surface area contributed by atoms with E-state index in [9.17, 15) is 4.79 Å². The standard InChI is InChI=1S/C15H32N2O/c1-3-4-5-6-7-8-9-10-11-12-13-14-15(18)17-16-2/h16H,3-14H2,1-2H3,(H,17,18). The van der Waals surface area contributed by atoms with Crippen LogP contribution in [0, 0.1) is 0 Å². The van der Waals surface area contributed by atoms with Gasteiger partial charge in [0.05, 0.1) is 0 Å². The molecule has 0 aliphatic rings. The molecule has 0 aromatic heterocycles. The molecule has 1 amide bonds. The van der Waals surface area contributed by atoms with Crippen molar-refractivity contribution in [1.82, 2.24) is 10.9 Å². The van der Waals surface area contributed by atoms with E-state index < -0.39 is 0 Å². The number of hydrogen-bond acceptors (Lipinski definition) is 2. The van der Waals surface area contributed by atoms with E-state index in [1.165, 1.54) is 64.2 Å². The molecule has 0 fully saturated rings. The fourth-order valence-corrected chi connectivity index (χ4v) is 2.15. The van der Waals surface area contributed by atoms with Crippen LogP contribution in [-0.2, 0) is 4.79 Å². The molecule has 0 saturated carbocycles. The summed E-state index contributed by atoms with van der Waals surface area (Å²) in [6, 6.07) is 0. The van der Waals surface area contributed by atoms with Crippen molar-refractivity contribution < 1.29 is 4.79 Å². The van der Waals surface area contributed by atoms with Gasteiger partial charge in [-0.1, -0.05) is 71.1 Å². The van der Waals surface area contributed by atoms with Gasteiger partial charge in [0.2, 0.25) is 5.91 Å². The van der Waals surface area contributed by atoms with Crippen molar-refractivity contribution in [3.05, 3.63) is 0 Å². The molecular weight excluding hydrogens is 224 g/mol. The van der Waals surface area contributed by atoms with Gasteiger partial charge in [-0.3, -0.25) is 10.2 Å². The van der Waals surface area contributed by atoms with Crippen LogP contribution in [0.25, 0.3) is 0 Å². The minimum absolute atomic E-state index is 0.105. The summed E-state index contributed by atoms with van der Waals surface area (Å²) < 4.78 is 0. The molecule has 0 bridgehead atoms. The maximum absolute atomic E-state index is 11.1. The molecular formula is C15H32N2O. The summed E-state index contributed by atoms with van der Waals surface area (Å²) in [5.74, 6) is 0.105. The first-order valence-corrected chi connectivity index (χ1v) is 7.76. The van der Waals surface area contributed by atoms with Crippen molar-refractivity contribution in [3.8, 4) is 0 Å². The van der Waals surface area contributed by atoms with Gasteiger partial charge in [0, 0.05) is 13.5 Å². The smallest absolute Gasteiger partial charge is 0.234 e. The molecule has 108 valence electrons. The van der Waals surface area contributed by atoms with E-state index in [1.807, 2.05) is 0 Å². The number of unbranched alkanes of at least 4 members (excludes halogenated alkanes) is 10. The molecule has 0 saturated heterocycles. The van der Waals surface area contributed by atoms with Crippen LogP contribution in [0.1, 0.15) is 84.0 Å². The zero-order valence-corrected chi connectivity index (χ0v) is 12.4. The van der Waals surface area contributed by atoms with Crippen LogP contribution in [0.15, 0.2) is 0 Å². The summed E-state index contributed by atoms with van der Waals surface area (Å²) in [6.45, 7) is 2.26. The molecule has 0 spiro atoms. The Bertz CT molecular complexity index is 183. The minimum atomic E-state index is 0.105. The summed E-state index contributed by atoms with van der Waals surface area (Å²) in [6.07, 6.45) is 15.2. The molecule has 0 rings (SSSR count). The monoisotopic (exact) mass is 256 g/mol. The molecule has 0 aliphatic heterocycles. The quantitative estimate of drug-likeness (QED) is 0.387. The first-order valence-electron chi connectivity index (χ1n) is 7.76. The number of hydrogen-bond donors (Lipinski definition) is 2. The van der Waals surface area contributed by atoms with Gasteiger partial charge in [-0.25, -0.2) is 5.43 Å². The Kier molecular flexibility index (Phi) is 14.0. The van der Waals surface area contributed by atoms with Crippen LogP contribution < -0.4 is 10.9 Å². The Labute approximate surface area is 113 Å². The second-order valence-electron chi connectivity index (χ2n) is 5.08. The second kappa shape index (κ2) is 14.5. The summed E-state index contributed by atoms with van der Waals surface area (Å²) in [5, 5.41) is 0. The Morgan fingerprint density at radius 1 is 0.778 bits per heavy atom. The van der Waals surface area contributed by atoms with E-state index in [1.54, 1.807) is 7.05 Å². The van der Waals surface area contributed by atoms with E-state index in [0.717, 1.165) is 6.42 Å². The number of carbonyl (C=O) groups excluding carboxylic acids is 1. The number of amides is 1. The van der Waals surface area contributed by atoms with Gasteiger partial charge in [0.15, 0.2) is 0 Å². The zero-order chi connectivity index (χ0) is 13.5. The predicted octanol–water partition coefficient (Wildman–Crippen LogP) is 3.94. The lowest BCUT2D eigenvalue weighted by molar-refractivity contribution is -0.122. The van der Waals surface area contributed by atoms with Crippen molar-refractivity contribution in [2.24, 2.45) is 0 Å². The summed E-state index contributed by atoms with van der Waals surface area (Å²) in [4.78, 5) is 11.1. The van der Waals surface area contributed by atoms with E-state index in [4.69, 9.17) is 0 Å². The third-order valence-electron chi connectivity index (χ3n) is 3.27. The van der Waals surface area contributed by atoms with Crippen LogP contribution in [0.5, 0.6) is 0 Å². The van der Waals surface area contributed by atoms with Gasteiger partial charge < -0.3 is 0 Å². The first kappa shape index (κ1) is 17.4. The normalized spacial score (nSPS) is 10.6. The fourth-order valence-electron chi connectivity index (χ4n) is 2.15. The molecule has 0 unspecified atom stereocenters. The van der Waals surface area contributed by atoms with Crippen molar-refractivity contribution in [2.45, 2.75) is 84.0 Å². The Morgan fingerprint density at radius 3 is 1.67 bits per heavy atom. The van der Waals surface area contributed by atoms with Crippen molar-refractivity contribution in [2.75, 3.05) is 7.05 Å². The van der Waals surface area contributed by atoms with E-state index in [0.29, 0.717) is 6.42 Å². The summed E-state index contributed by atoms with van der Waals surface area (Å²) >= 11 is 0. The molecule has 0 aromatic rings. The van der Waals surface area contributed by atoms with Crippen LogP contribution in [-0.4, -0.2) is 13.0 Å². The Morgan fingerprint density at radius 2 is 1.22 bits per heavy atom. The molecule has 0 aliphatic carbocycles. The predicted molar refractivity (Wildman–Crippen MR) is 78.3 cm³/mol. The lowest BCUT2D eigenvalue weighted by Crippen LogP contribution is -2.33. The molecule has 0 aromatic carbocycles. The molecule has 3 nitrogen and oxygen atoms in total. The molecule has 18 heavy (non-hydrogen) atoms. The maximum atomic E-state index is 11.1. The van der Waals surface area contributed by atoms with Crippen molar-refractivity contribution >= 4 is 5.91 Å².